The molecular formula is C17H13FN4. The van der Waals surface area contributed by atoms with Gasteiger partial charge in [0.25, 0.3) is 0 Å². The van der Waals surface area contributed by atoms with E-state index < -0.39 is 0 Å². The summed E-state index contributed by atoms with van der Waals surface area (Å²) in [5.41, 5.74) is 1.92. The minimum atomic E-state index is -0.360. The van der Waals surface area contributed by atoms with Crippen LogP contribution >= 0.6 is 0 Å². The largest absolute Gasteiger partial charge is 0.355 e. The smallest absolute Gasteiger partial charge is 0.149 e. The summed E-state index contributed by atoms with van der Waals surface area (Å²) in [5.74, 6) is 0.299. The highest BCUT2D eigenvalue weighted by molar-refractivity contribution is 5.89. The van der Waals surface area contributed by atoms with E-state index in [2.05, 4.69) is 16.0 Å². The van der Waals surface area contributed by atoms with Gasteiger partial charge in [0.15, 0.2) is 0 Å². The van der Waals surface area contributed by atoms with Crippen molar-refractivity contribution in [1.82, 2.24) is 9.97 Å². The summed E-state index contributed by atoms with van der Waals surface area (Å²) in [4.78, 5) is 10.2. The molecule has 0 atom stereocenters. The average Bonchev–Trinajstić information content (AvgIpc) is 2.55. The van der Waals surface area contributed by atoms with Crippen LogP contribution in [-0.4, -0.2) is 17.0 Å². The number of benzene rings is 2. The molecule has 3 rings (SSSR count). The lowest BCUT2D eigenvalue weighted by atomic mass is 10.1. The first-order chi connectivity index (χ1) is 10.7. The van der Waals surface area contributed by atoms with Crippen molar-refractivity contribution in [3.8, 4) is 6.07 Å². The molecule has 0 saturated carbocycles. The maximum atomic E-state index is 13.8. The zero-order valence-electron chi connectivity index (χ0n) is 12.0. The van der Waals surface area contributed by atoms with Gasteiger partial charge in [0.05, 0.1) is 11.6 Å². The van der Waals surface area contributed by atoms with Crippen LogP contribution < -0.4 is 4.90 Å². The summed E-state index contributed by atoms with van der Waals surface area (Å²) >= 11 is 0. The number of nitrogens with zero attached hydrogens (tertiary/aromatic N) is 4. The van der Waals surface area contributed by atoms with Gasteiger partial charge < -0.3 is 4.90 Å². The SMILES string of the molecule is CN(Cc1cccc(C#N)c1)c1ncnc2c(F)cccc12. The van der Waals surface area contributed by atoms with Gasteiger partial charge in [-0.1, -0.05) is 18.2 Å². The molecule has 0 aliphatic heterocycles. The van der Waals surface area contributed by atoms with Gasteiger partial charge in [-0.25, -0.2) is 14.4 Å². The molecule has 0 fully saturated rings. The fourth-order valence-corrected chi connectivity index (χ4v) is 2.43. The number of para-hydroxylation sites is 1. The Labute approximate surface area is 127 Å². The second kappa shape index (κ2) is 5.78. The molecule has 0 N–H and O–H groups in total. The zero-order chi connectivity index (χ0) is 15.5. The Morgan fingerprint density at radius 3 is 2.82 bits per heavy atom. The van der Waals surface area contributed by atoms with Crippen molar-refractivity contribution in [3.63, 3.8) is 0 Å². The maximum Gasteiger partial charge on any atom is 0.149 e. The van der Waals surface area contributed by atoms with Gasteiger partial charge in [0, 0.05) is 19.0 Å². The average molecular weight is 292 g/mol. The Bertz CT molecular complexity index is 870. The summed E-state index contributed by atoms with van der Waals surface area (Å²) in [5, 5.41) is 9.63. The number of fused-ring (bicyclic) bond motifs is 1. The lowest BCUT2D eigenvalue weighted by Crippen LogP contribution is -2.18. The van der Waals surface area contributed by atoms with E-state index in [4.69, 9.17) is 5.26 Å². The summed E-state index contributed by atoms with van der Waals surface area (Å²) in [6, 6.07) is 14.3. The van der Waals surface area contributed by atoms with Crippen LogP contribution in [0.1, 0.15) is 11.1 Å². The number of rotatable bonds is 3. The van der Waals surface area contributed by atoms with E-state index in [1.54, 1.807) is 18.2 Å². The van der Waals surface area contributed by atoms with Gasteiger partial charge in [0.1, 0.15) is 23.5 Å². The van der Waals surface area contributed by atoms with Crippen molar-refractivity contribution in [3.05, 3.63) is 65.7 Å². The summed E-state index contributed by atoms with van der Waals surface area (Å²) in [6.45, 7) is 0.568. The summed E-state index contributed by atoms with van der Waals surface area (Å²) in [6.07, 6.45) is 1.36. The molecule has 0 spiro atoms. The minimum absolute atomic E-state index is 0.310. The molecule has 3 aromatic rings. The highest BCUT2D eigenvalue weighted by Crippen LogP contribution is 2.24. The van der Waals surface area contributed by atoms with Gasteiger partial charge in [-0.05, 0) is 29.8 Å². The second-order valence-corrected chi connectivity index (χ2v) is 5.00. The van der Waals surface area contributed by atoms with E-state index in [0.29, 0.717) is 28.8 Å². The highest BCUT2D eigenvalue weighted by Gasteiger charge is 2.11. The molecule has 0 radical (unpaired) electrons. The van der Waals surface area contributed by atoms with Crippen LogP contribution in [0, 0.1) is 17.1 Å². The van der Waals surface area contributed by atoms with Crippen molar-refractivity contribution in [2.24, 2.45) is 0 Å². The van der Waals surface area contributed by atoms with E-state index in [0.717, 1.165) is 5.56 Å². The van der Waals surface area contributed by atoms with Crippen LogP contribution in [0.2, 0.25) is 0 Å². The first kappa shape index (κ1) is 14.0. The molecule has 0 aliphatic rings. The number of hydrogen-bond donors (Lipinski definition) is 0. The van der Waals surface area contributed by atoms with Gasteiger partial charge in [-0.3, -0.25) is 0 Å². The zero-order valence-corrected chi connectivity index (χ0v) is 12.0. The summed E-state index contributed by atoms with van der Waals surface area (Å²) in [7, 11) is 1.88. The van der Waals surface area contributed by atoms with Crippen LogP contribution in [0.25, 0.3) is 10.9 Å². The molecule has 0 unspecified atom stereocenters. The van der Waals surface area contributed by atoms with E-state index >= 15 is 0 Å². The van der Waals surface area contributed by atoms with E-state index in [1.165, 1.54) is 12.4 Å². The van der Waals surface area contributed by atoms with Gasteiger partial charge >= 0.3 is 0 Å². The topological polar surface area (TPSA) is 52.8 Å². The van der Waals surface area contributed by atoms with Crippen LogP contribution in [0.3, 0.4) is 0 Å². The minimum Gasteiger partial charge on any atom is -0.355 e. The molecule has 1 aromatic heterocycles. The molecule has 0 amide bonds. The second-order valence-electron chi connectivity index (χ2n) is 5.00. The predicted molar refractivity (Wildman–Crippen MR) is 82.8 cm³/mol. The van der Waals surface area contributed by atoms with Gasteiger partial charge in [0.2, 0.25) is 0 Å². The Kier molecular flexibility index (Phi) is 3.67. The molecule has 2 aromatic carbocycles. The molecular weight excluding hydrogens is 279 g/mol. The van der Waals surface area contributed by atoms with Crippen LogP contribution in [0.5, 0.6) is 0 Å². The quantitative estimate of drug-likeness (QED) is 0.743. The molecule has 5 heteroatoms. The van der Waals surface area contributed by atoms with Crippen LogP contribution in [0.4, 0.5) is 10.2 Å². The molecule has 0 saturated heterocycles. The number of anilines is 1. The van der Waals surface area contributed by atoms with Crippen molar-refractivity contribution < 1.29 is 4.39 Å². The van der Waals surface area contributed by atoms with Crippen LogP contribution in [0.15, 0.2) is 48.8 Å². The van der Waals surface area contributed by atoms with Crippen molar-refractivity contribution in [1.29, 1.82) is 5.26 Å². The molecule has 1 heterocycles. The molecule has 0 aliphatic carbocycles. The molecule has 0 bridgehead atoms. The Balaban J connectivity index is 1.97. The standard InChI is InChI=1S/C17H13FN4/c1-22(10-13-5-2-4-12(8-13)9-19)17-14-6-3-7-15(18)16(14)20-11-21-17/h2-8,11H,10H2,1H3. The molecule has 4 nitrogen and oxygen atoms in total. The number of aromatic nitrogens is 2. The monoisotopic (exact) mass is 292 g/mol. The first-order valence-corrected chi connectivity index (χ1v) is 6.78. The third-order valence-corrected chi connectivity index (χ3v) is 3.43. The van der Waals surface area contributed by atoms with Crippen molar-refractivity contribution >= 4 is 16.7 Å². The lowest BCUT2D eigenvalue weighted by Gasteiger charge is -2.19. The maximum absolute atomic E-state index is 13.8. The summed E-state index contributed by atoms with van der Waals surface area (Å²) < 4.78 is 13.8. The Morgan fingerprint density at radius 1 is 1.18 bits per heavy atom. The third kappa shape index (κ3) is 2.59. The highest BCUT2D eigenvalue weighted by atomic mass is 19.1. The van der Waals surface area contributed by atoms with E-state index in [-0.39, 0.29) is 5.82 Å². The third-order valence-electron chi connectivity index (χ3n) is 3.43. The first-order valence-electron chi connectivity index (χ1n) is 6.78. The van der Waals surface area contributed by atoms with E-state index in [9.17, 15) is 4.39 Å². The fraction of sp³-hybridized carbons (Fsp3) is 0.118. The number of nitriles is 1. The van der Waals surface area contributed by atoms with E-state index in [1.807, 2.05) is 30.1 Å². The Morgan fingerprint density at radius 2 is 2.00 bits per heavy atom. The lowest BCUT2D eigenvalue weighted by molar-refractivity contribution is 0.636. The van der Waals surface area contributed by atoms with Gasteiger partial charge in [-0.15, -0.1) is 0 Å². The van der Waals surface area contributed by atoms with Crippen LogP contribution in [-0.2, 0) is 6.54 Å². The Hall–Kier alpha value is -3.00. The van der Waals surface area contributed by atoms with Crippen molar-refractivity contribution in [2.75, 3.05) is 11.9 Å². The van der Waals surface area contributed by atoms with Crippen molar-refractivity contribution in [2.45, 2.75) is 6.54 Å². The predicted octanol–water partition coefficient (Wildman–Crippen LogP) is 3.28. The number of hydrogen-bond acceptors (Lipinski definition) is 4. The number of halogens is 1. The molecule has 22 heavy (non-hydrogen) atoms. The normalized spacial score (nSPS) is 10.4. The molecule has 108 valence electrons. The fourth-order valence-electron chi connectivity index (χ4n) is 2.43. The van der Waals surface area contributed by atoms with Gasteiger partial charge in [-0.2, -0.15) is 5.26 Å².